The lowest BCUT2D eigenvalue weighted by molar-refractivity contribution is -0.134. The molecule has 6 N–H and O–H groups in total. The van der Waals surface area contributed by atoms with Gasteiger partial charge >= 0.3 is 0 Å². The first-order valence-electron chi connectivity index (χ1n) is 14.5. The van der Waals surface area contributed by atoms with Crippen LogP contribution in [-0.2, 0) is 42.2 Å². The molecule has 2 aromatic carbocycles. The molecule has 244 valence electrons. The fourth-order valence-electron chi connectivity index (χ4n) is 4.48. The van der Waals surface area contributed by atoms with Crippen molar-refractivity contribution in [2.45, 2.75) is 62.7 Å². The van der Waals surface area contributed by atoms with E-state index in [4.69, 9.17) is 5.14 Å². The van der Waals surface area contributed by atoms with Crippen LogP contribution in [0.2, 0.25) is 0 Å². The summed E-state index contributed by atoms with van der Waals surface area (Å²) in [7, 11) is -3.94. The number of carbonyl (C=O) groups is 5. The summed E-state index contributed by atoms with van der Waals surface area (Å²) in [4.78, 5) is 68.6. The van der Waals surface area contributed by atoms with Gasteiger partial charge < -0.3 is 26.1 Å². The number of aromatic nitrogens is 1. The van der Waals surface area contributed by atoms with Crippen LogP contribution in [0, 0.1) is 5.92 Å². The Labute approximate surface area is 267 Å². The Bertz CT molecular complexity index is 1650. The smallest absolute Gasteiger partial charge is 0.252 e. The first kappa shape index (κ1) is 35.5. The highest BCUT2D eigenvalue weighted by molar-refractivity contribution is 7.89. The number of nitrogens with one attached hydrogen (secondary N) is 4. The number of sulfonamides is 1. The number of amides is 4. The number of hydrogen-bond donors (Lipinski definition) is 5. The molecule has 0 aliphatic rings. The van der Waals surface area contributed by atoms with E-state index >= 15 is 0 Å². The minimum atomic E-state index is -3.94. The van der Waals surface area contributed by atoms with Crippen molar-refractivity contribution in [3.05, 3.63) is 95.8 Å². The Balaban J connectivity index is 1.69. The molecule has 0 fully saturated rings. The van der Waals surface area contributed by atoms with Crippen molar-refractivity contribution in [2.75, 3.05) is 0 Å². The lowest BCUT2D eigenvalue weighted by Gasteiger charge is -2.34. The van der Waals surface area contributed by atoms with Crippen LogP contribution in [0.15, 0.2) is 84.0 Å². The normalized spacial score (nSPS) is 13.8. The molecular formula is C32H38N6O7S. The van der Waals surface area contributed by atoms with Gasteiger partial charge in [0, 0.05) is 30.9 Å². The number of pyridine rings is 1. The standard InChI is InChI=1S/C32H38N6O7S/c1-21(2)32(20-39,18-28(40)35-19-24-10-7-11-26(16-24)46(33,44)45)38-29(41)22(3)36-31(43)27(17-23-8-5-4-6-9-23)37-30(42)25-12-14-34-15-13-25/h4-16,20-22,27H,17-19H2,1-3H3,(H,35,40)(H,36,43)(H,37,42)(H,38,41)(H2,33,44,45)/t22-,27-,32-/m0/s1. The maximum atomic E-state index is 13.4. The summed E-state index contributed by atoms with van der Waals surface area (Å²) in [6.07, 6.45) is 3.11. The number of rotatable bonds is 15. The van der Waals surface area contributed by atoms with Crippen LogP contribution in [0.25, 0.3) is 0 Å². The quantitative estimate of drug-likeness (QED) is 0.150. The van der Waals surface area contributed by atoms with E-state index in [-0.39, 0.29) is 17.9 Å². The van der Waals surface area contributed by atoms with Gasteiger partial charge in [-0.3, -0.25) is 24.2 Å². The van der Waals surface area contributed by atoms with Crippen LogP contribution >= 0.6 is 0 Å². The summed E-state index contributed by atoms with van der Waals surface area (Å²) in [5.74, 6) is -2.96. The van der Waals surface area contributed by atoms with Gasteiger partial charge in [-0.25, -0.2) is 13.6 Å². The van der Waals surface area contributed by atoms with Crippen molar-refractivity contribution in [3.8, 4) is 0 Å². The van der Waals surface area contributed by atoms with Crippen LogP contribution in [0.1, 0.15) is 48.7 Å². The highest BCUT2D eigenvalue weighted by atomic mass is 32.2. The molecule has 0 spiro atoms. The number of carbonyl (C=O) groups excluding carboxylic acids is 5. The van der Waals surface area contributed by atoms with E-state index in [1.54, 1.807) is 44.2 Å². The van der Waals surface area contributed by atoms with E-state index in [2.05, 4.69) is 26.3 Å². The fourth-order valence-corrected chi connectivity index (χ4v) is 5.07. The average molecular weight is 651 g/mol. The molecule has 0 saturated heterocycles. The lowest BCUT2D eigenvalue weighted by atomic mass is 9.84. The molecular weight excluding hydrogens is 612 g/mol. The number of primary sulfonamides is 1. The first-order chi connectivity index (χ1) is 21.7. The van der Waals surface area contributed by atoms with Gasteiger partial charge in [-0.15, -0.1) is 0 Å². The maximum Gasteiger partial charge on any atom is 0.252 e. The van der Waals surface area contributed by atoms with E-state index in [1.807, 2.05) is 6.07 Å². The maximum absolute atomic E-state index is 13.4. The van der Waals surface area contributed by atoms with E-state index < -0.39 is 63.6 Å². The second kappa shape index (κ2) is 15.9. The predicted octanol–water partition coefficient (Wildman–Crippen LogP) is 0.991. The van der Waals surface area contributed by atoms with Crippen LogP contribution in [0.5, 0.6) is 0 Å². The minimum Gasteiger partial charge on any atom is -0.352 e. The molecule has 3 rings (SSSR count). The molecule has 0 aliphatic carbocycles. The lowest BCUT2D eigenvalue weighted by Crippen LogP contribution is -2.61. The Morgan fingerprint density at radius 3 is 2.15 bits per heavy atom. The van der Waals surface area contributed by atoms with Crippen LogP contribution in [0.3, 0.4) is 0 Å². The molecule has 14 heteroatoms. The summed E-state index contributed by atoms with van der Waals surface area (Å²) < 4.78 is 23.3. The average Bonchev–Trinajstić information content (AvgIpc) is 3.03. The summed E-state index contributed by atoms with van der Waals surface area (Å²) in [5, 5.41) is 15.7. The Hall–Kier alpha value is -4.95. The molecule has 3 aromatic rings. The van der Waals surface area contributed by atoms with E-state index in [0.717, 1.165) is 5.56 Å². The van der Waals surface area contributed by atoms with Crippen molar-refractivity contribution >= 4 is 39.9 Å². The number of benzene rings is 2. The van der Waals surface area contributed by atoms with Gasteiger partial charge in [-0.2, -0.15) is 0 Å². The number of nitrogens with zero attached hydrogens (tertiary/aromatic N) is 1. The Kier molecular flexibility index (Phi) is 12.3. The van der Waals surface area contributed by atoms with Gasteiger partial charge in [0.25, 0.3) is 5.91 Å². The Morgan fingerprint density at radius 1 is 0.891 bits per heavy atom. The third-order valence-electron chi connectivity index (χ3n) is 7.37. The molecule has 1 aromatic heterocycles. The van der Waals surface area contributed by atoms with E-state index in [1.165, 1.54) is 49.6 Å². The van der Waals surface area contributed by atoms with Gasteiger partial charge in [0.05, 0.1) is 11.3 Å². The molecule has 13 nitrogen and oxygen atoms in total. The van der Waals surface area contributed by atoms with Gasteiger partial charge in [0.1, 0.15) is 23.9 Å². The number of aldehydes is 1. The molecule has 46 heavy (non-hydrogen) atoms. The molecule has 0 aliphatic heterocycles. The number of hydrogen-bond acceptors (Lipinski definition) is 8. The second-order valence-corrected chi connectivity index (χ2v) is 12.7. The molecule has 4 amide bonds. The molecule has 0 unspecified atom stereocenters. The largest absolute Gasteiger partial charge is 0.352 e. The van der Waals surface area contributed by atoms with Gasteiger partial charge in [0.15, 0.2) is 0 Å². The first-order valence-corrected chi connectivity index (χ1v) is 16.0. The number of nitrogens with two attached hydrogens (primary N) is 1. The van der Waals surface area contributed by atoms with Crippen LogP contribution < -0.4 is 26.4 Å². The van der Waals surface area contributed by atoms with Crippen molar-refractivity contribution in [1.29, 1.82) is 0 Å². The predicted molar refractivity (Wildman–Crippen MR) is 169 cm³/mol. The Morgan fingerprint density at radius 2 is 1.54 bits per heavy atom. The highest BCUT2D eigenvalue weighted by Gasteiger charge is 2.39. The van der Waals surface area contributed by atoms with Gasteiger partial charge in [0.2, 0.25) is 27.7 Å². The van der Waals surface area contributed by atoms with Crippen molar-refractivity contribution < 1.29 is 32.4 Å². The van der Waals surface area contributed by atoms with Gasteiger partial charge in [-0.05, 0) is 48.2 Å². The monoisotopic (exact) mass is 650 g/mol. The zero-order valence-electron chi connectivity index (χ0n) is 25.7. The molecule has 0 saturated carbocycles. The summed E-state index contributed by atoms with van der Waals surface area (Å²) in [5.41, 5.74) is -0.0870. The zero-order valence-corrected chi connectivity index (χ0v) is 26.5. The van der Waals surface area contributed by atoms with Gasteiger partial charge in [-0.1, -0.05) is 56.3 Å². The fraction of sp³-hybridized carbons (Fsp3) is 0.312. The molecule has 0 radical (unpaired) electrons. The third-order valence-corrected chi connectivity index (χ3v) is 8.28. The zero-order chi connectivity index (χ0) is 33.9. The van der Waals surface area contributed by atoms with E-state index in [0.29, 0.717) is 17.4 Å². The minimum absolute atomic E-state index is 0.0519. The molecule has 3 atom stereocenters. The van der Waals surface area contributed by atoms with Crippen LogP contribution in [0.4, 0.5) is 0 Å². The third kappa shape index (κ3) is 10.0. The topological polar surface area (TPSA) is 207 Å². The van der Waals surface area contributed by atoms with Crippen molar-refractivity contribution in [1.82, 2.24) is 26.3 Å². The summed E-state index contributed by atoms with van der Waals surface area (Å²) in [6, 6.07) is 15.6. The molecule has 0 bridgehead atoms. The van der Waals surface area contributed by atoms with Crippen LogP contribution in [-0.4, -0.2) is 60.9 Å². The second-order valence-electron chi connectivity index (χ2n) is 11.1. The van der Waals surface area contributed by atoms with Crippen molar-refractivity contribution in [2.24, 2.45) is 11.1 Å². The summed E-state index contributed by atoms with van der Waals surface area (Å²) >= 11 is 0. The molecule has 1 heterocycles. The highest BCUT2D eigenvalue weighted by Crippen LogP contribution is 2.20. The van der Waals surface area contributed by atoms with Crippen molar-refractivity contribution in [3.63, 3.8) is 0 Å². The SMILES string of the molecule is CC(C)[C@@](C=O)(CC(=O)NCc1cccc(S(N)(=O)=O)c1)NC(=O)[C@H](C)NC(=O)[C@H](Cc1ccccc1)NC(=O)c1ccncc1. The van der Waals surface area contributed by atoms with E-state index in [9.17, 15) is 32.4 Å². The summed E-state index contributed by atoms with van der Waals surface area (Å²) in [6.45, 7) is 4.69.